The predicted octanol–water partition coefficient (Wildman–Crippen LogP) is 2.32. The number of hydrogen-bond acceptors (Lipinski definition) is 6. The molecule has 0 saturated carbocycles. The highest BCUT2D eigenvalue weighted by molar-refractivity contribution is 9.10. The van der Waals surface area contributed by atoms with Crippen molar-refractivity contribution in [1.82, 2.24) is 0 Å². The van der Waals surface area contributed by atoms with Gasteiger partial charge in [0, 0.05) is 21.4 Å². The standard InChI is InChI=1S/C8H7BrCl2O6S2/c1-16-6-4(9)3-5(18(10,12)13)7(17-2)8(6)19(11,14)15/h3H,1-2H3. The zero-order valence-corrected chi connectivity index (χ0v) is 14.2. The smallest absolute Gasteiger partial charge is 0.268 e. The summed E-state index contributed by atoms with van der Waals surface area (Å²) in [6.45, 7) is 0. The van der Waals surface area contributed by atoms with Gasteiger partial charge in [-0.25, -0.2) is 16.8 Å². The summed E-state index contributed by atoms with van der Waals surface area (Å²) in [5.41, 5.74) is 0. The van der Waals surface area contributed by atoms with E-state index in [0.717, 1.165) is 13.2 Å². The minimum Gasteiger partial charge on any atom is -0.494 e. The lowest BCUT2D eigenvalue weighted by atomic mass is 10.3. The quantitative estimate of drug-likeness (QED) is 0.704. The first kappa shape index (κ1) is 16.8. The summed E-state index contributed by atoms with van der Waals surface area (Å²) in [4.78, 5) is -1.16. The second kappa shape index (κ2) is 5.65. The van der Waals surface area contributed by atoms with Gasteiger partial charge in [-0.3, -0.25) is 0 Å². The van der Waals surface area contributed by atoms with E-state index in [1.807, 2.05) is 0 Å². The molecule has 0 radical (unpaired) electrons. The van der Waals surface area contributed by atoms with Gasteiger partial charge in [-0.2, -0.15) is 0 Å². The molecule has 0 aliphatic heterocycles. The summed E-state index contributed by atoms with van der Waals surface area (Å²) in [6.07, 6.45) is 0. The van der Waals surface area contributed by atoms with E-state index in [0.29, 0.717) is 0 Å². The van der Waals surface area contributed by atoms with Gasteiger partial charge in [-0.1, -0.05) is 0 Å². The maximum absolute atomic E-state index is 11.6. The van der Waals surface area contributed by atoms with Crippen molar-refractivity contribution in [3.8, 4) is 11.5 Å². The van der Waals surface area contributed by atoms with Crippen molar-refractivity contribution < 1.29 is 26.3 Å². The normalized spacial score (nSPS) is 12.3. The molecule has 0 fully saturated rings. The largest absolute Gasteiger partial charge is 0.494 e. The Hall–Kier alpha value is -0.220. The van der Waals surface area contributed by atoms with Crippen molar-refractivity contribution in [3.05, 3.63) is 10.5 Å². The Kier molecular flexibility index (Phi) is 5.00. The van der Waals surface area contributed by atoms with E-state index in [4.69, 9.17) is 30.8 Å². The summed E-state index contributed by atoms with van der Waals surface area (Å²) in [5.74, 6) is -0.694. The molecule has 0 aliphatic rings. The number of rotatable bonds is 4. The Bertz CT molecular complexity index is 713. The van der Waals surface area contributed by atoms with Crippen molar-refractivity contribution in [2.45, 2.75) is 9.79 Å². The van der Waals surface area contributed by atoms with Gasteiger partial charge in [-0.15, -0.1) is 0 Å². The van der Waals surface area contributed by atoms with Crippen LogP contribution in [0.4, 0.5) is 0 Å². The molecule has 1 aromatic carbocycles. The van der Waals surface area contributed by atoms with Gasteiger partial charge in [0.15, 0.2) is 16.4 Å². The van der Waals surface area contributed by atoms with Gasteiger partial charge < -0.3 is 9.47 Å². The molecule has 0 spiro atoms. The van der Waals surface area contributed by atoms with E-state index in [9.17, 15) is 16.8 Å². The molecular formula is C8H7BrCl2O6S2. The molecule has 0 unspecified atom stereocenters. The molecule has 0 saturated heterocycles. The molecule has 0 N–H and O–H groups in total. The fourth-order valence-corrected chi connectivity index (χ4v) is 4.55. The minimum atomic E-state index is -4.32. The van der Waals surface area contributed by atoms with E-state index >= 15 is 0 Å². The van der Waals surface area contributed by atoms with Gasteiger partial charge in [0.25, 0.3) is 18.1 Å². The third-order valence-electron chi connectivity index (χ3n) is 2.03. The topological polar surface area (TPSA) is 86.7 Å². The van der Waals surface area contributed by atoms with E-state index in [1.165, 1.54) is 7.11 Å². The number of hydrogen-bond donors (Lipinski definition) is 0. The first-order chi connectivity index (χ1) is 8.54. The Morgan fingerprint density at radius 2 is 1.47 bits per heavy atom. The third kappa shape index (κ3) is 3.46. The molecular weight excluding hydrogens is 407 g/mol. The lowest BCUT2D eigenvalue weighted by Gasteiger charge is -2.15. The van der Waals surface area contributed by atoms with Crippen molar-refractivity contribution in [2.24, 2.45) is 0 Å². The van der Waals surface area contributed by atoms with Gasteiger partial charge >= 0.3 is 0 Å². The van der Waals surface area contributed by atoms with Gasteiger partial charge in [0.05, 0.1) is 18.7 Å². The molecule has 0 atom stereocenters. The number of benzene rings is 1. The Balaban J connectivity index is 4.02. The highest BCUT2D eigenvalue weighted by Crippen LogP contribution is 2.45. The van der Waals surface area contributed by atoms with Crippen LogP contribution in [0.15, 0.2) is 20.3 Å². The van der Waals surface area contributed by atoms with Crippen LogP contribution in [0.25, 0.3) is 0 Å². The van der Waals surface area contributed by atoms with Gasteiger partial charge in [0.2, 0.25) is 0 Å². The minimum absolute atomic E-state index is 0.0502. The zero-order chi connectivity index (χ0) is 15.0. The van der Waals surface area contributed by atoms with Crippen LogP contribution in [0.5, 0.6) is 11.5 Å². The van der Waals surface area contributed by atoms with Gasteiger partial charge in [0.1, 0.15) is 4.90 Å². The van der Waals surface area contributed by atoms with Crippen molar-refractivity contribution in [1.29, 1.82) is 0 Å². The van der Waals surface area contributed by atoms with Crippen molar-refractivity contribution in [3.63, 3.8) is 0 Å². The molecule has 0 aromatic heterocycles. The van der Waals surface area contributed by atoms with Crippen LogP contribution in [0.1, 0.15) is 0 Å². The molecule has 1 aromatic rings. The average molecular weight is 414 g/mol. The zero-order valence-electron chi connectivity index (χ0n) is 9.48. The van der Waals surface area contributed by atoms with Crippen LogP contribution < -0.4 is 9.47 Å². The van der Waals surface area contributed by atoms with Gasteiger partial charge in [-0.05, 0) is 22.0 Å². The number of ether oxygens (including phenoxy) is 2. The molecule has 6 nitrogen and oxygen atoms in total. The number of halogens is 3. The first-order valence-electron chi connectivity index (χ1n) is 4.37. The fourth-order valence-electron chi connectivity index (χ4n) is 1.36. The van der Waals surface area contributed by atoms with Crippen molar-refractivity contribution >= 4 is 55.4 Å². The molecule has 0 bridgehead atoms. The maximum atomic E-state index is 11.6. The van der Waals surface area contributed by atoms with E-state index in [1.54, 1.807) is 0 Å². The molecule has 0 amide bonds. The first-order valence-corrected chi connectivity index (χ1v) is 9.79. The van der Waals surface area contributed by atoms with Crippen LogP contribution in [0.2, 0.25) is 0 Å². The SMILES string of the molecule is COc1c(Br)cc(S(=O)(=O)Cl)c(OC)c1S(=O)(=O)Cl. The molecule has 0 heterocycles. The second-order valence-electron chi connectivity index (χ2n) is 3.13. The summed E-state index contributed by atoms with van der Waals surface area (Å²) in [6, 6.07) is 1.06. The molecule has 1 rings (SSSR count). The lowest BCUT2D eigenvalue weighted by Crippen LogP contribution is -2.05. The summed E-state index contributed by atoms with van der Waals surface area (Å²) in [5, 5.41) is 0. The predicted molar refractivity (Wildman–Crippen MR) is 73.3 cm³/mol. The van der Waals surface area contributed by atoms with Crippen LogP contribution >= 0.6 is 37.3 Å². The Labute approximate surface area is 127 Å². The van der Waals surface area contributed by atoms with Crippen molar-refractivity contribution in [2.75, 3.05) is 14.2 Å². The lowest BCUT2D eigenvalue weighted by molar-refractivity contribution is 0.364. The number of methoxy groups -OCH3 is 2. The van der Waals surface area contributed by atoms with Crippen LogP contribution in [-0.2, 0) is 18.1 Å². The highest BCUT2D eigenvalue weighted by Gasteiger charge is 2.31. The van der Waals surface area contributed by atoms with E-state index in [2.05, 4.69) is 15.9 Å². The van der Waals surface area contributed by atoms with E-state index in [-0.39, 0.29) is 10.2 Å². The molecule has 108 valence electrons. The highest BCUT2D eigenvalue weighted by atomic mass is 79.9. The van der Waals surface area contributed by atoms with Crippen LogP contribution in [0.3, 0.4) is 0 Å². The Morgan fingerprint density at radius 3 is 1.79 bits per heavy atom. The molecule has 11 heteroatoms. The maximum Gasteiger partial charge on any atom is 0.268 e. The van der Waals surface area contributed by atoms with Crippen LogP contribution in [-0.4, -0.2) is 31.1 Å². The summed E-state index contributed by atoms with van der Waals surface area (Å²) < 4.78 is 55.7. The third-order valence-corrected chi connectivity index (χ3v) is 5.26. The van der Waals surface area contributed by atoms with Crippen LogP contribution in [0, 0.1) is 0 Å². The Morgan fingerprint density at radius 1 is 1.00 bits per heavy atom. The monoisotopic (exact) mass is 412 g/mol. The second-order valence-corrected chi connectivity index (χ2v) is 9.02. The molecule has 19 heavy (non-hydrogen) atoms. The summed E-state index contributed by atoms with van der Waals surface area (Å²) >= 11 is 2.98. The van der Waals surface area contributed by atoms with E-state index < -0.39 is 33.6 Å². The fraction of sp³-hybridized carbons (Fsp3) is 0.250. The molecule has 0 aliphatic carbocycles. The summed E-state index contributed by atoms with van der Waals surface area (Å²) in [7, 11) is 4.21. The average Bonchev–Trinajstić information content (AvgIpc) is 2.24.